The molecule has 2 aromatic carbocycles. The molecule has 0 saturated carbocycles. The lowest BCUT2D eigenvalue weighted by Gasteiger charge is -2.28. The van der Waals surface area contributed by atoms with Gasteiger partial charge < -0.3 is 26.1 Å². The molecule has 1 amide bonds. The molecule has 33 heavy (non-hydrogen) atoms. The Kier molecular flexibility index (Phi) is 6.70. The number of amides is 1. The van der Waals surface area contributed by atoms with Crippen molar-refractivity contribution in [3.8, 4) is 22.8 Å². The van der Waals surface area contributed by atoms with Gasteiger partial charge in [-0.2, -0.15) is 0 Å². The Balaban J connectivity index is 1.56. The molecule has 0 spiro atoms. The number of carbonyl (C=O) groups excluding carboxylic acids is 1. The van der Waals surface area contributed by atoms with Crippen LogP contribution in [0.25, 0.3) is 11.3 Å². The van der Waals surface area contributed by atoms with Crippen molar-refractivity contribution >= 4 is 17.3 Å². The molecule has 2 heterocycles. The van der Waals surface area contributed by atoms with E-state index in [0.717, 1.165) is 47.6 Å². The summed E-state index contributed by atoms with van der Waals surface area (Å²) >= 11 is 0. The third-order valence-electron chi connectivity index (χ3n) is 5.77. The molecule has 3 aromatic rings. The van der Waals surface area contributed by atoms with Crippen LogP contribution in [0.2, 0.25) is 0 Å². The summed E-state index contributed by atoms with van der Waals surface area (Å²) < 4.78 is 6.08. The Morgan fingerprint density at radius 2 is 1.88 bits per heavy atom. The number of pyridine rings is 1. The number of rotatable bonds is 8. The van der Waals surface area contributed by atoms with Crippen molar-refractivity contribution in [2.24, 2.45) is 0 Å². The molecule has 1 fully saturated rings. The highest BCUT2D eigenvalue weighted by Gasteiger charge is 2.21. The number of hydrogen-bond acceptors (Lipinski definition) is 6. The van der Waals surface area contributed by atoms with Crippen molar-refractivity contribution < 1.29 is 9.53 Å². The molecule has 0 bridgehead atoms. The second kappa shape index (κ2) is 9.83. The number of hydrogen-bond donors (Lipinski definition) is 4. The SMILES string of the molecule is CCc1cc(-c2cc(Oc3ccc(C(C)=N)c(NC)c3)ccn2)ccc1C(=O)NC1CNC1. The van der Waals surface area contributed by atoms with E-state index in [0.29, 0.717) is 22.8 Å². The van der Waals surface area contributed by atoms with Gasteiger partial charge in [0.05, 0.1) is 11.7 Å². The number of ether oxygens (including phenoxy) is 1. The molecule has 1 aromatic heterocycles. The monoisotopic (exact) mass is 443 g/mol. The van der Waals surface area contributed by atoms with E-state index in [1.165, 1.54) is 0 Å². The van der Waals surface area contributed by atoms with Gasteiger partial charge in [0, 0.05) is 66.6 Å². The highest BCUT2D eigenvalue weighted by molar-refractivity contribution is 6.01. The fourth-order valence-electron chi connectivity index (χ4n) is 3.81. The molecule has 0 unspecified atom stereocenters. The van der Waals surface area contributed by atoms with Gasteiger partial charge in [-0.15, -0.1) is 0 Å². The van der Waals surface area contributed by atoms with Crippen LogP contribution >= 0.6 is 0 Å². The lowest BCUT2D eigenvalue weighted by molar-refractivity contribution is 0.0923. The van der Waals surface area contributed by atoms with Crippen molar-refractivity contribution in [3.05, 3.63) is 71.4 Å². The normalized spacial score (nSPS) is 13.2. The average Bonchev–Trinajstić information content (AvgIpc) is 2.80. The first-order valence-electron chi connectivity index (χ1n) is 11.1. The van der Waals surface area contributed by atoms with E-state index < -0.39 is 0 Å². The number of benzene rings is 2. The minimum atomic E-state index is -0.0288. The van der Waals surface area contributed by atoms with Crippen LogP contribution < -0.4 is 20.7 Å². The van der Waals surface area contributed by atoms with E-state index in [9.17, 15) is 4.79 Å². The summed E-state index contributed by atoms with van der Waals surface area (Å²) in [5, 5.41) is 17.2. The molecule has 1 aliphatic rings. The molecule has 4 N–H and O–H groups in total. The lowest BCUT2D eigenvalue weighted by atomic mass is 9.99. The molecule has 0 atom stereocenters. The number of nitrogens with zero attached hydrogens (tertiary/aromatic N) is 1. The predicted molar refractivity (Wildman–Crippen MR) is 132 cm³/mol. The first-order chi connectivity index (χ1) is 16.0. The third kappa shape index (κ3) is 5.04. The van der Waals surface area contributed by atoms with Crippen molar-refractivity contribution in [3.63, 3.8) is 0 Å². The van der Waals surface area contributed by atoms with Crippen molar-refractivity contribution in [2.75, 3.05) is 25.5 Å². The number of aromatic nitrogens is 1. The summed E-state index contributed by atoms with van der Waals surface area (Å²) in [6.45, 7) is 5.45. The Morgan fingerprint density at radius 3 is 2.55 bits per heavy atom. The van der Waals surface area contributed by atoms with Crippen molar-refractivity contribution in [1.82, 2.24) is 15.6 Å². The van der Waals surface area contributed by atoms with E-state index in [1.807, 2.05) is 62.5 Å². The number of anilines is 1. The molecule has 1 saturated heterocycles. The zero-order valence-corrected chi connectivity index (χ0v) is 19.2. The number of carbonyl (C=O) groups is 1. The smallest absolute Gasteiger partial charge is 0.251 e. The Bertz CT molecular complexity index is 1190. The Hall–Kier alpha value is -3.71. The fraction of sp³-hybridized carbons (Fsp3) is 0.269. The van der Waals surface area contributed by atoms with Crippen molar-refractivity contribution in [2.45, 2.75) is 26.3 Å². The quantitative estimate of drug-likeness (QED) is 0.391. The number of aryl methyl sites for hydroxylation is 1. The molecular weight excluding hydrogens is 414 g/mol. The van der Waals surface area contributed by atoms with Crippen LogP contribution in [0.4, 0.5) is 5.69 Å². The fourth-order valence-corrected chi connectivity index (χ4v) is 3.81. The van der Waals surface area contributed by atoms with Gasteiger partial charge in [0.1, 0.15) is 11.5 Å². The maximum Gasteiger partial charge on any atom is 0.251 e. The number of nitrogens with one attached hydrogen (secondary N) is 4. The van der Waals surface area contributed by atoms with Crippen LogP contribution in [0.1, 0.15) is 35.3 Å². The zero-order chi connectivity index (χ0) is 23.4. The third-order valence-corrected chi connectivity index (χ3v) is 5.77. The zero-order valence-electron chi connectivity index (χ0n) is 19.2. The van der Waals surface area contributed by atoms with Crippen LogP contribution in [0.15, 0.2) is 54.7 Å². The van der Waals surface area contributed by atoms with Gasteiger partial charge in [-0.1, -0.05) is 13.0 Å². The summed E-state index contributed by atoms with van der Waals surface area (Å²) in [6, 6.07) is 15.4. The van der Waals surface area contributed by atoms with Crippen LogP contribution in [-0.4, -0.2) is 42.8 Å². The van der Waals surface area contributed by atoms with Crippen LogP contribution in [0, 0.1) is 5.41 Å². The molecule has 4 rings (SSSR count). The second-order valence-electron chi connectivity index (χ2n) is 8.12. The van der Waals surface area contributed by atoms with E-state index in [4.69, 9.17) is 10.1 Å². The molecule has 1 aliphatic heterocycles. The summed E-state index contributed by atoms with van der Waals surface area (Å²) in [5.74, 6) is 1.31. The van der Waals surface area contributed by atoms with Gasteiger partial charge in [-0.05, 0) is 49.2 Å². The first-order valence-corrected chi connectivity index (χ1v) is 11.1. The summed E-state index contributed by atoms with van der Waals surface area (Å²) in [7, 11) is 1.83. The average molecular weight is 444 g/mol. The summed E-state index contributed by atoms with van der Waals surface area (Å²) in [6.07, 6.45) is 2.47. The lowest BCUT2D eigenvalue weighted by Crippen LogP contribution is -2.57. The summed E-state index contributed by atoms with van der Waals surface area (Å²) in [5.41, 5.74) is 5.58. The predicted octanol–water partition coefficient (Wildman–Crippen LogP) is 4.23. The Morgan fingerprint density at radius 1 is 1.12 bits per heavy atom. The standard InChI is InChI=1S/C26H29N5O2/c1-4-17-11-18(5-7-23(17)26(32)31-19-14-29-15-19)24-12-21(9-10-30-24)33-20-6-8-22(16(2)27)25(13-20)28-3/h5-13,19,27-29H,4,14-15H2,1-3H3,(H,31,32). The van der Waals surface area contributed by atoms with E-state index in [2.05, 4.69) is 20.9 Å². The molecule has 0 aliphatic carbocycles. The van der Waals surface area contributed by atoms with Gasteiger partial charge in [0.2, 0.25) is 0 Å². The van der Waals surface area contributed by atoms with Crippen LogP contribution in [0.3, 0.4) is 0 Å². The second-order valence-corrected chi connectivity index (χ2v) is 8.12. The highest BCUT2D eigenvalue weighted by atomic mass is 16.5. The van der Waals surface area contributed by atoms with Crippen LogP contribution in [-0.2, 0) is 6.42 Å². The molecule has 170 valence electrons. The van der Waals surface area contributed by atoms with Crippen molar-refractivity contribution in [1.29, 1.82) is 5.41 Å². The van der Waals surface area contributed by atoms with Gasteiger partial charge in [-0.25, -0.2) is 0 Å². The van der Waals surface area contributed by atoms with Gasteiger partial charge in [0.25, 0.3) is 5.91 Å². The molecule has 7 heteroatoms. The van der Waals surface area contributed by atoms with E-state index in [1.54, 1.807) is 13.1 Å². The topological polar surface area (TPSA) is 99.1 Å². The minimum absolute atomic E-state index is 0.0288. The maximum absolute atomic E-state index is 12.7. The molecular formula is C26H29N5O2. The maximum atomic E-state index is 12.7. The van der Waals surface area contributed by atoms with Gasteiger partial charge in [-0.3, -0.25) is 9.78 Å². The van der Waals surface area contributed by atoms with E-state index in [-0.39, 0.29) is 11.9 Å². The van der Waals surface area contributed by atoms with Crippen LogP contribution in [0.5, 0.6) is 11.5 Å². The summed E-state index contributed by atoms with van der Waals surface area (Å²) in [4.78, 5) is 17.2. The molecule has 0 radical (unpaired) electrons. The molecule has 7 nitrogen and oxygen atoms in total. The Labute approximate surface area is 194 Å². The van der Waals surface area contributed by atoms with Gasteiger partial charge >= 0.3 is 0 Å². The highest BCUT2D eigenvalue weighted by Crippen LogP contribution is 2.30. The first kappa shape index (κ1) is 22.5. The van der Waals surface area contributed by atoms with E-state index >= 15 is 0 Å². The minimum Gasteiger partial charge on any atom is -0.457 e. The van der Waals surface area contributed by atoms with Gasteiger partial charge in [0.15, 0.2) is 0 Å². The largest absolute Gasteiger partial charge is 0.457 e.